The molecule has 0 aliphatic heterocycles. The van der Waals surface area contributed by atoms with Gasteiger partial charge in [0, 0.05) is 17.9 Å². The summed E-state index contributed by atoms with van der Waals surface area (Å²) in [6, 6.07) is 9.75. The Balaban J connectivity index is 2.86. The zero-order chi connectivity index (χ0) is 14.5. The van der Waals surface area contributed by atoms with E-state index in [1.54, 1.807) is 36.4 Å². The van der Waals surface area contributed by atoms with Crippen LogP contribution >= 0.6 is 11.6 Å². The number of nitriles is 2. The zero-order valence-corrected chi connectivity index (χ0v) is 10.6. The summed E-state index contributed by atoms with van der Waals surface area (Å²) in [5, 5.41) is 18.5. The number of alkyl halides is 3. The van der Waals surface area contributed by atoms with E-state index in [1.807, 2.05) is 0 Å². The van der Waals surface area contributed by atoms with Crippen molar-refractivity contribution in [3.63, 3.8) is 0 Å². The Morgan fingerprint density at radius 3 is 1.95 bits per heavy atom. The van der Waals surface area contributed by atoms with Gasteiger partial charge >= 0.3 is 6.18 Å². The van der Waals surface area contributed by atoms with Gasteiger partial charge in [0.1, 0.15) is 5.41 Å². The van der Waals surface area contributed by atoms with Crippen molar-refractivity contribution in [1.82, 2.24) is 0 Å². The van der Waals surface area contributed by atoms with Crippen LogP contribution in [0.4, 0.5) is 13.2 Å². The molecule has 0 unspecified atom stereocenters. The van der Waals surface area contributed by atoms with E-state index in [9.17, 15) is 13.2 Å². The summed E-state index contributed by atoms with van der Waals surface area (Å²) in [6.45, 7) is 0. The van der Waals surface area contributed by atoms with Crippen molar-refractivity contribution < 1.29 is 13.2 Å². The van der Waals surface area contributed by atoms with Crippen molar-refractivity contribution in [2.24, 2.45) is 5.41 Å². The summed E-state index contributed by atoms with van der Waals surface area (Å²) in [5.74, 6) is 0. The van der Waals surface area contributed by atoms with Crippen LogP contribution in [0.25, 0.3) is 0 Å². The van der Waals surface area contributed by atoms with Gasteiger partial charge < -0.3 is 0 Å². The van der Waals surface area contributed by atoms with Crippen LogP contribution in [0, 0.1) is 28.1 Å². The smallest absolute Gasteiger partial charge is 0.197 e. The van der Waals surface area contributed by atoms with E-state index in [4.69, 9.17) is 22.1 Å². The van der Waals surface area contributed by atoms with Crippen molar-refractivity contribution in [3.8, 4) is 12.1 Å². The molecular formula is C13H10ClF3N2. The normalized spacial score (nSPS) is 11.7. The van der Waals surface area contributed by atoms with Crippen LogP contribution in [-0.4, -0.2) is 6.18 Å². The van der Waals surface area contributed by atoms with E-state index in [-0.39, 0.29) is 6.42 Å². The highest BCUT2D eigenvalue weighted by molar-refractivity contribution is 6.30. The third-order valence-electron chi connectivity index (χ3n) is 2.68. The van der Waals surface area contributed by atoms with Crippen molar-refractivity contribution >= 4 is 11.6 Å². The third-order valence-corrected chi connectivity index (χ3v) is 2.93. The lowest BCUT2D eigenvalue weighted by molar-refractivity contribution is -0.138. The van der Waals surface area contributed by atoms with E-state index in [0.29, 0.717) is 10.6 Å². The number of hydrogen-bond acceptors (Lipinski definition) is 2. The molecule has 1 aromatic rings. The molecule has 0 spiro atoms. The molecule has 19 heavy (non-hydrogen) atoms. The van der Waals surface area contributed by atoms with Gasteiger partial charge in [-0.3, -0.25) is 0 Å². The van der Waals surface area contributed by atoms with Gasteiger partial charge in [-0.1, -0.05) is 23.7 Å². The predicted octanol–water partition coefficient (Wildman–Crippen LogP) is 4.26. The Bertz CT molecular complexity index is 495. The fourth-order valence-corrected chi connectivity index (χ4v) is 1.74. The van der Waals surface area contributed by atoms with Gasteiger partial charge in [-0.05, 0) is 24.1 Å². The molecule has 0 aliphatic carbocycles. The summed E-state index contributed by atoms with van der Waals surface area (Å²) < 4.78 is 36.6. The van der Waals surface area contributed by atoms with Crippen LogP contribution < -0.4 is 0 Å². The number of nitrogens with zero attached hydrogens (tertiary/aromatic N) is 2. The monoisotopic (exact) mass is 286 g/mol. The summed E-state index contributed by atoms with van der Waals surface area (Å²) >= 11 is 5.69. The van der Waals surface area contributed by atoms with Gasteiger partial charge in [0.25, 0.3) is 0 Å². The third kappa shape index (κ3) is 4.81. The maximum Gasteiger partial charge on any atom is 0.389 e. The summed E-state index contributed by atoms with van der Waals surface area (Å²) in [5.41, 5.74) is -1.06. The second kappa shape index (κ2) is 5.95. The minimum Gasteiger partial charge on any atom is -0.197 e. The van der Waals surface area contributed by atoms with Gasteiger partial charge in [-0.25, -0.2) is 0 Å². The first-order valence-electron chi connectivity index (χ1n) is 5.44. The molecule has 100 valence electrons. The number of hydrogen-bond donors (Lipinski definition) is 0. The highest BCUT2D eigenvalue weighted by atomic mass is 35.5. The van der Waals surface area contributed by atoms with E-state index in [1.165, 1.54) is 0 Å². The Kier molecular flexibility index (Phi) is 4.80. The minimum absolute atomic E-state index is 0.0484. The molecule has 6 heteroatoms. The molecule has 0 atom stereocenters. The zero-order valence-electron chi connectivity index (χ0n) is 9.84. The molecule has 0 bridgehead atoms. The topological polar surface area (TPSA) is 47.6 Å². The average Bonchev–Trinajstić information content (AvgIpc) is 2.36. The minimum atomic E-state index is -4.38. The fraction of sp³-hybridized carbons (Fsp3) is 0.385. The first kappa shape index (κ1) is 15.3. The molecule has 1 rings (SSSR count). The van der Waals surface area contributed by atoms with E-state index >= 15 is 0 Å². The lowest BCUT2D eigenvalue weighted by atomic mass is 9.80. The van der Waals surface area contributed by atoms with Gasteiger partial charge in [0.2, 0.25) is 0 Å². The molecule has 0 saturated heterocycles. The van der Waals surface area contributed by atoms with Crippen LogP contribution in [0.2, 0.25) is 5.02 Å². The molecule has 0 N–H and O–H groups in total. The Hall–Kier alpha value is -1.72. The summed E-state index contributed by atoms with van der Waals surface area (Å²) in [4.78, 5) is 0. The summed E-state index contributed by atoms with van der Waals surface area (Å²) in [6.07, 6.45) is -6.11. The highest BCUT2D eigenvalue weighted by Gasteiger charge is 2.37. The maximum atomic E-state index is 12.2. The first-order valence-corrected chi connectivity index (χ1v) is 5.82. The quantitative estimate of drug-likeness (QED) is 0.830. The lowest BCUT2D eigenvalue weighted by Crippen LogP contribution is -2.23. The van der Waals surface area contributed by atoms with E-state index in [2.05, 4.69) is 0 Å². The van der Waals surface area contributed by atoms with Crippen LogP contribution in [0.1, 0.15) is 18.4 Å². The van der Waals surface area contributed by atoms with Crippen molar-refractivity contribution in [2.75, 3.05) is 0 Å². The molecule has 0 radical (unpaired) electrons. The SMILES string of the molecule is N#CC(C#N)(CCC(F)(F)F)Cc1ccc(Cl)cc1. The highest BCUT2D eigenvalue weighted by Crippen LogP contribution is 2.33. The van der Waals surface area contributed by atoms with Crippen LogP contribution in [0.3, 0.4) is 0 Å². The molecule has 2 nitrogen and oxygen atoms in total. The Morgan fingerprint density at radius 2 is 1.53 bits per heavy atom. The molecule has 1 aromatic carbocycles. The fourth-order valence-electron chi connectivity index (χ4n) is 1.61. The summed E-state index contributed by atoms with van der Waals surface area (Å²) in [7, 11) is 0. The average molecular weight is 287 g/mol. The molecule has 0 heterocycles. The molecule has 0 aliphatic rings. The van der Waals surface area contributed by atoms with E-state index < -0.39 is 24.4 Å². The number of benzene rings is 1. The first-order chi connectivity index (χ1) is 8.80. The van der Waals surface area contributed by atoms with Crippen molar-refractivity contribution in [3.05, 3.63) is 34.9 Å². The largest absolute Gasteiger partial charge is 0.389 e. The van der Waals surface area contributed by atoms with Crippen LogP contribution in [0.15, 0.2) is 24.3 Å². The Labute approximate surface area is 114 Å². The van der Waals surface area contributed by atoms with E-state index in [0.717, 1.165) is 0 Å². The van der Waals surface area contributed by atoms with Crippen molar-refractivity contribution in [2.45, 2.75) is 25.4 Å². The number of rotatable bonds is 4. The lowest BCUT2D eigenvalue weighted by Gasteiger charge is -2.19. The second-order valence-corrected chi connectivity index (χ2v) is 4.66. The Morgan fingerprint density at radius 1 is 1.00 bits per heavy atom. The van der Waals surface area contributed by atoms with Gasteiger partial charge in [-0.2, -0.15) is 23.7 Å². The molecular weight excluding hydrogens is 277 g/mol. The maximum absolute atomic E-state index is 12.2. The van der Waals surface area contributed by atoms with Gasteiger partial charge in [0.15, 0.2) is 0 Å². The van der Waals surface area contributed by atoms with Gasteiger partial charge in [-0.15, -0.1) is 0 Å². The van der Waals surface area contributed by atoms with Crippen LogP contribution in [-0.2, 0) is 6.42 Å². The van der Waals surface area contributed by atoms with Crippen molar-refractivity contribution in [1.29, 1.82) is 10.5 Å². The van der Waals surface area contributed by atoms with Gasteiger partial charge in [0.05, 0.1) is 12.1 Å². The molecule has 0 saturated carbocycles. The number of halogens is 4. The predicted molar refractivity (Wildman–Crippen MR) is 64.1 cm³/mol. The van der Waals surface area contributed by atoms with Crippen LogP contribution in [0.5, 0.6) is 0 Å². The molecule has 0 amide bonds. The standard InChI is InChI=1S/C13H10ClF3N2/c14-11-3-1-10(2-4-11)7-12(8-18,9-19)5-6-13(15,16)17/h1-4H,5-7H2. The molecule has 0 aromatic heterocycles. The second-order valence-electron chi connectivity index (χ2n) is 4.22. The molecule has 0 fully saturated rings.